The summed E-state index contributed by atoms with van der Waals surface area (Å²) in [6, 6.07) is 10.5. The molecule has 0 unspecified atom stereocenters. The molecule has 1 fully saturated rings. The van der Waals surface area contributed by atoms with Crippen molar-refractivity contribution in [3.8, 4) is 0 Å². The topological polar surface area (TPSA) is 24.6 Å². The lowest BCUT2D eigenvalue weighted by atomic mass is 10.2. The Kier molecular flexibility index (Phi) is 3.75. The van der Waals surface area contributed by atoms with E-state index < -0.39 is 0 Å². The van der Waals surface area contributed by atoms with Gasteiger partial charge in [0.1, 0.15) is 0 Å². The summed E-state index contributed by atoms with van der Waals surface area (Å²) >= 11 is 0. The van der Waals surface area contributed by atoms with Crippen molar-refractivity contribution in [2.75, 3.05) is 6.54 Å². The zero-order valence-corrected chi connectivity index (χ0v) is 9.28. The first-order chi connectivity index (χ1) is 7.40. The summed E-state index contributed by atoms with van der Waals surface area (Å²) in [5.74, 6) is 0. The number of epoxide rings is 1. The Morgan fingerprint density at radius 3 is 2.73 bits per heavy atom. The molecule has 0 radical (unpaired) electrons. The summed E-state index contributed by atoms with van der Waals surface area (Å²) in [5.41, 5.74) is 1.34. The van der Waals surface area contributed by atoms with Gasteiger partial charge in [0.15, 0.2) is 0 Å². The highest BCUT2D eigenvalue weighted by molar-refractivity contribution is 5.14. The third-order valence-corrected chi connectivity index (χ3v) is 2.78. The molecule has 2 nitrogen and oxygen atoms in total. The lowest BCUT2D eigenvalue weighted by Crippen LogP contribution is -2.20. The molecule has 82 valence electrons. The van der Waals surface area contributed by atoms with Crippen molar-refractivity contribution in [2.45, 2.75) is 38.5 Å². The summed E-state index contributed by atoms with van der Waals surface area (Å²) in [7, 11) is 0. The van der Waals surface area contributed by atoms with Gasteiger partial charge < -0.3 is 10.1 Å². The molecule has 1 saturated heterocycles. The quantitative estimate of drug-likeness (QED) is 0.721. The van der Waals surface area contributed by atoms with E-state index in [-0.39, 0.29) is 0 Å². The summed E-state index contributed by atoms with van der Waals surface area (Å²) < 4.78 is 5.53. The normalized spacial score (nSPS) is 24.1. The molecule has 1 aliphatic heterocycles. The molecule has 0 bridgehead atoms. The van der Waals surface area contributed by atoms with Crippen molar-refractivity contribution in [3.63, 3.8) is 0 Å². The Morgan fingerprint density at radius 1 is 1.20 bits per heavy atom. The molecule has 0 saturated carbocycles. The molecule has 1 aliphatic rings. The van der Waals surface area contributed by atoms with E-state index in [9.17, 15) is 0 Å². The van der Waals surface area contributed by atoms with Gasteiger partial charge in [0, 0.05) is 13.1 Å². The van der Waals surface area contributed by atoms with Gasteiger partial charge in [0.2, 0.25) is 0 Å². The van der Waals surface area contributed by atoms with Crippen LogP contribution >= 0.6 is 0 Å². The van der Waals surface area contributed by atoms with Crippen LogP contribution < -0.4 is 5.32 Å². The van der Waals surface area contributed by atoms with E-state index in [1.807, 2.05) is 6.07 Å². The van der Waals surface area contributed by atoms with E-state index in [0.717, 1.165) is 13.1 Å². The van der Waals surface area contributed by atoms with Crippen molar-refractivity contribution in [2.24, 2.45) is 0 Å². The minimum atomic E-state index is 0.466. The van der Waals surface area contributed by atoms with Crippen LogP contribution in [0.15, 0.2) is 30.3 Å². The third kappa shape index (κ3) is 3.33. The van der Waals surface area contributed by atoms with Gasteiger partial charge >= 0.3 is 0 Å². The minimum absolute atomic E-state index is 0.466. The van der Waals surface area contributed by atoms with Crippen LogP contribution in [0.3, 0.4) is 0 Å². The summed E-state index contributed by atoms with van der Waals surface area (Å²) in [5, 5.41) is 3.43. The lowest BCUT2D eigenvalue weighted by molar-refractivity contribution is 0.356. The maximum Gasteiger partial charge on any atom is 0.0965 e. The van der Waals surface area contributed by atoms with Gasteiger partial charge in [-0.25, -0.2) is 0 Å². The smallest absolute Gasteiger partial charge is 0.0965 e. The van der Waals surface area contributed by atoms with E-state index in [0.29, 0.717) is 12.2 Å². The van der Waals surface area contributed by atoms with Crippen LogP contribution in [0.25, 0.3) is 0 Å². The highest BCUT2D eigenvalue weighted by Gasteiger charge is 2.36. The van der Waals surface area contributed by atoms with Crippen molar-refractivity contribution in [1.82, 2.24) is 5.32 Å². The molecular weight excluding hydrogens is 186 g/mol. The molecule has 1 aromatic rings. The van der Waals surface area contributed by atoms with Gasteiger partial charge in [-0.3, -0.25) is 0 Å². The Balaban J connectivity index is 1.60. The Labute approximate surface area is 91.6 Å². The van der Waals surface area contributed by atoms with Crippen LogP contribution in [0.2, 0.25) is 0 Å². The van der Waals surface area contributed by atoms with Crippen LogP contribution in [-0.2, 0) is 11.3 Å². The fourth-order valence-electron chi connectivity index (χ4n) is 1.85. The van der Waals surface area contributed by atoms with E-state index in [4.69, 9.17) is 4.74 Å². The van der Waals surface area contributed by atoms with Gasteiger partial charge in [-0.15, -0.1) is 0 Å². The standard InChI is InChI=1S/C13H19NO/c1-2-6-12-13(15-12)10-14-9-11-7-4-3-5-8-11/h3-5,7-8,12-14H,2,6,9-10H2,1H3/t12-,13+/m0/s1. The third-order valence-electron chi connectivity index (χ3n) is 2.78. The molecule has 0 aromatic heterocycles. The molecule has 1 N–H and O–H groups in total. The maximum absolute atomic E-state index is 5.53. The first-order valence-electron chi connectivity index (χ1n) is 5.80. The van der Waals surface area contributed by atoms with Gasteiger partial charge in [0.25, 0.3) is 0 Å². The Morgan fingerprint density at radius 2 is 2.00 bits per heavy atom. The monoisotopic (exact) mass is 205 g/mol. The fourth-order valence-corrected chi connectivity index (χ4v) is 1.85. The van der Waals surface area contributed by atoms with E-state index >= 15 is 0 Å². The number of ether oxygens (including phenoxy) is 1. The van der Waals surface area contributed by atoms with Gasteiger partial charge in [-0.05, 0) is 12.0 Å². The first-order valence-corrected chi connectivity index (χ1v) is 5.80. The number of hydrogen-bond acceptors (Lipinski definition) is 2. The van der Waals surface area contributed by atoms with Crippen LogP contribution in [-0.4, -0.2) is 18.8 Å². The maximum atomic E-state index is 5.53. The zero-order chi connectivity index (χ0) is 10.5. The number of nitrogens with one attached hydrogen (secondary N) is 1. The predicted octanol–water partition coefficient (Wildman–Crippen LogP) is 2.34. The molecule has 15 heavy (non-hydrogen) atoms. The molecular formula is C13H19NO. The second kappa shape index (κ2) is 5.29. The number of benzene rings is 1. The van der Waals surface area contributed by atoms with Crippen LogP contribution in [0, 0.1) is 0 Å². The highest BCUT2D eigenvalue weighted by Crippen LogP contribution is 2.25. The minimum Gasteiger partial charge on any atom is -0.368 e. The molecule has 2 rings (SSSR count). The summed E-state index contributed by atoms with van der Waals surface area (Å²) in [6.07, 6.45) is 3.42. The predicted molar refractivity (Wildman–Crippen MR) is 61.7 cm³/mol. The van der Waals surface area contributed by atoms with Gasteiger partial charge in [-0.2, -0.15) is 0 Å². The lowest BCUT2D eigenvalue weighted by Gasteiger charge is -2.02. The van der Waals surface area contributed by atoms with E-state index in [2.05, 4.69) is 36.5 Å². The molecule has 0 amide bonds. The first kappa shape index (κ1) is 10.7. The molecule has 1 heterocycles. The number of rotatable bonds is 6. The molecule has 0 aliphatic carbocycles. The van der Waals surface area contributed by atoms with Crippen LogP contribution in [0.4, 0.5) is 0 Å². The average molecular weight is 205 g/mol. The molecule has 2 atom stereocenters. The van der Waals surface area contributed by atoms with Gasteiger partial charge in [0.05, 0.1) is 12.2 Å². The van der Waals surface area contributed by atoms with Crippen LogP contribution in [0.5, 0.6) is 0 Å². The van der Waals surface area contributed by atoms with Crippen LogP contribution in [0.1, 0.15) is 25.3 Å². The number of hydrogen-bond donors (Lipinski definition) is 1. The van der Waals surface area contributed by atoms with Crippen molar-refractivity contribution < 1.29 is 4.74 Å². The van der Waals surface area contributed by atoms with E-state index in [1.165, 1.54) is 18.4 Å². The molecule has 1 aromatic carbocycles. The Hall–Kier alpha value is -0.860. The average Bonchev–Trinajstić information content (AvgIpc) is 2.99. The zero-order valence-electron chi connectivity index (χ0n) is 9.28. The SMILES string of the molecule is CCC[C@@H]1O[C@@H]1CNCc1ccccc1. The summed E-state index contributed by atoms with van der Waals surface area (Å²) in [6.45, 7) is 4.13. The van der Waals surface area contributed by atoms with Crippen molar-refractivity contribution in [3.05, 3.63) is 35.9 Å². The highest BCUT2D eigenvalue weighted by atomic mass is 16.6. The van der Waals surface area contributed by atoms with E-state index in [1.54, 1.807) is 0 Å². The second-order valence-corrected chi connectivity index (χ2v) is 4.12. The Bertz CT molecular complexity index is 286. The van der Waals surface area contributed by atoms with Gasteiger partial charge in [-0.1, -0.05) is 43.7 Å². The summed E-state index contributed by atoms with van der Waals surface area (Å²) in [4.78, 5) is 0. The molecule has 2 heteroatoms. The molecule has 0 spiro atoms. The van der Waals surface area contributed by atoms with Crippen molar-refractivity contribution >= 4 is 0 Å². The van der Waals surface area contributed by atoms with Crippen molar-refractivity contribution in [1.29, 1.82) is 0 Å². The largest absolute Gasteiger partial charge is 0.368 e. The fraction of sp³-hybridized carbons (Fsp3) is 0.538. The second-order valence-electron chi connectivity index (χ2n) is 4.12.